The fraction of sp³-hybridized carbons (Fsp3) is 1.00. The molecule has 48 heavy (non-hydrogen) atoms. The second-order valence-electron chi connectivity index (χ2n) is 16.1. The molecule has 0 rings (SSSR count). The van der Waals surface area contributed by atoms with Gasteiger partial charge in [-0.3, -0.25) is 0 Å². The summed E-state index contributed by atoms with van der Waals surface area (Å²) in [6, 6.07) is 0. The van der Waals surface area contributed by atoms with Crippen LogP contribution in [0.25, 0.3) is 0 Å². The van der Waals surface area contributed by atoms with Gasteiger partial charge in [0.05, 0.1) is 12.2 Å². The number of aliphatic hydroxyl groups is 3. The lowest BCUT2D eigenvalue weighted by atomic mass is 9.73. The maximum atomic E-state index is 12.0. The highest BCUT2D eigenvalue weighted by molar-refractivity contribution is 4.99. The van der Waals surface area contributed by atoms with Crippen molar-refractivity contribution in [3.63, 3.8) is 0 Å². The molecule has 0 aromatic carbocycles. The van der Waals surface area contributed by atoms with Gasteiger partial charge in [0.25, 0.3) is 0 Å². The first-order chi connectivity index (χ1) is 23.5. The normalized spacial score (nSPS) is 13.4. The van der Waals surface area contributed by atoms with Crippen molar-refractivity contribution in [1.29, 1.82) is 0 Å². The Morgan fingerprint density at radius 1 is 0.250 bits per heavy atom. The molecule has 0 saturated carbocycles. The molecule has 0 aliphatic carbocycles. The van der Waals surface area contributed by atoms with Crippen LogP contribution in [-0.2, 0) is 0 Å². The van der Waals surface area contributed by atoms with Crippen LogP contribution in [0.5, 0.6) is 0 Å². The Balaban J connectivity index is 4.52. The van der Waals surface area contributed by atoms with E-state index in [4.69, 9.17) is 0 Å². The molecule has 0 aliphatic heterocycles. The highest BCUT2D eigenvalue weighted by atomic mass is 16.4. The van der Waals surface area contributed by atoms with Crippen LogP contribution in [0.4, 0.5) is 0 Å². The number of hydrogen-bond donors (Lipinski definition) is 3. The van der Waals surface area contributed by atoms with Crippen molar-refractivity contribution in [2.24, 2.45) is 0 Å². The van der Waals surface area contributed by atoms with E-state index < -0.39 is 11.2 Å². The second kappa shape index (κ2) is 36.7. The summed E-state index contributed by atoms with van der Waals surface area (Å²) in [4.78, 5) is 0. The first-order valence-electron chi connectivity index (χ1n) is 22.5. The van der Waals surface area contributed by atoms with Gasteiger partial charge < -0.3 is 15.3 Å². The zero-order chi connectivity index (χ0) is 35.3. The van der Waals surface area contributed by atoms with Crippen LogP contribution in [0.1, 0.15) is 271 Å². The van der Waals surface area contributed by atoms with Crippen molar-refractivity contribution in [2.75, 3.05) is 6.61 Å². The summed E-state index contributed by atoms with van der Waals surface area (Å²) in [6.07, 6.45) is 48.3. The Bertz CT molecular complexity index is 579. The molecule has 1 atom stereocenters. The van der Waals surface area contributed by atoms with Crippen molar-refractivity contribution in [1.82, 2.24) is 0 Å². The van der Waals surface area contributed by atoms with Gasteiger partial charge in [-0.25, -0.2) is 0 Å². The van der Waals surface area contributed by atoms with Gasteiger partial charge in [-0.05, 0) is 19.3 Å². The van der Waals surface area contributed by atoms with Crippen LogP contribution >= 0.6 is 0 Å². The minimum absolute atomic E-state index is 0.321. The molecule has 290 valence electrons. The monoisotopic (exact) mass is 681 g/mol. The number of aliphatic hydroxyl groups excluding tert-OH is 1. The van der Waals surface area contributed by atoms with E-state index >= 15 is 0 Å². The number of unbranched alkanes of at least 4 members (excludes halogenated alkanes) is 33. The van der Waals surface area contributed by atoms with Crippen LogP contribution in [0.3, 0.4) is 0 Å². The molecule has 3 heteroatoms. The summed E-state index contributed by atoms with van der Waals surface area (Å²) in [5.41, 5.74) is -2.54. The van der Waals surface area contributed by atoms with E-state index in [9.17, 15) is 15.3 Å². The van der Waals surface area contributed by atoms with Gasteiger partial charge in [0.2, 0.25) is 0 Å². The maximum Gasteiger partial charge on any atom is 0.116 e. The number of hydrogen-bond acceptors (Lipinski definition) is 3. The molecule has 0 heterocycles. The van der Waals surface area contributed by atoms with E-state index in [0.717, 1.165) is 38.5 Å². The van der Waals surface area contributed by atoms with Crippen molar-refractivity contribution in [2.45, 2.75) is 282 Å². The molecule has 0 aromatic heterocycles. The Labute approximate surface area is 303 Å². The zero-order valence-electron chi connectivity index (χ0n) is 33.6. The third kappa shape index (κ3) is 28.6. The Kier molecular flexibility index (Phi) is 36.6. The van der Waals surface area contributed by atoms with E-state index in [-0.39, 0.29) is 6.61 Å². The first kappa shape index (κ1) is 47.9. The summed E-state index contributed by atoms with van der Waals surface area (Å²) >= 11 is 0. The van der Waals surface area contributed by atoms with Gasteiger partial charge in [-0.15, -0.1) is 0 Å². The van der Waals surface area contributed by atoms with E-state index in [0.29, 0.717) is 19.3 Å². The molecule has 0 fully saturated rings. The Morgan fingerprint density at radius 3 is 0.604 bits per heavy atom. The first-order valence-corrected chi connectivity index (χ1v) is 22.5. The van der Waals surface area contributed by atoms with Crippen molar-refractivity contribution >= 4 is 0 Å². The quantitative estimate of drug-likeness (QED) is 0.0563. The summed E-state index contributed by atoms with van der Waals surface area (Å²) in [7, 11) is 0. The van der Waals surface area contributed by atoms with Gasteiger partial charge in [0.15, 0.2) is 0 Å². The predicted molar refractivity (Wildman–Crippen MR) is 214 cm³/mol. The van der Waals surface area contributed by atoms with E-state index in [1.807, 2.05) is 0 Å². The molecule has 3 N–H and O–H groups in total. The van der Waals surface area contributed by atoms with Crippen LogP contribution in [0.2, 0.25) is 0 Å². The SMILES string of the molecule is CCCCCCCCCCCCCCC(O)(CO)C(O)(CCCCCCCCCCCCCC)CCCCCCCCCCCCCC. The van der Waals surface area contributed by atoms with Crippen molar-refractivity contribution in [3.05, 3.63) is 0 Å². The highest BCUT2D eigenvalue weighted by Gasteiger charge is 2.47. The summed E-state index contributed by atoms with van der Waals surface area (Å²) < 4.78 is 0. The predicted octanol–water partition coefficient (Wildman–Crippen LogP) is 14.7. The van der Waals surface area contributed by atoms with E-state index in [1.165, 1.54) is 193 Å². The van der Waals surface area contributed by atoms with Crippen LogP contribution in [0.15, 0.2) is 0 Å². The lowest BCUT2D eigenvalue weighted by Crippen LogP contribution is -2.56. The molecule has 0 radical (unpaired) electrons. The highest BCUT2D eigenvalue weighted by Crippen LogP contribution is 2.37. The van der Waals surface area contributed by atoms with Crippen LogP contribution in [0, 0.1) is 0 Å². The third-order valence-corrected chi connectivity index (χ3v) is 11.5. The number of rotatable bonds is 41. The van der Waals surface area contributed by atoms with E-state index in [1.54, 1.807) is 0 Å². The molecule has 0 amide bonds. The van der Waals surface area contributed by atoms with Crippen molar-refractivity contribution in [3.8, 4) is 0 Å². The molecule has 0 spiro atoms. The Morgan fingerprint density at radius 2 is 0.417 bits per heavy atom. The Hall–Kier alpha value is -0.120. The largest absolute Gasteiger partial charge is 0.393 e. The molecular formula is C45H92O3. The van der Waals surface area contributed by atoms with Crippen molar-refractivity contribution < 1.29 is 15.3 Å². The maximum absolute atomic E-state index is 12.0. The molecule has 0 aliphatic rings. The lowest BCUT2D eigenvalue weighted by Gasteiger charge is -2.43. The fourth-order valence-electron chi connectivity index (χ4n) is 7.82. The molecule has 0 aromatic rings. The van der Waals surface area contributed by atoms with Crippen LogP contribution in [-0.4, -0.2) is 33.1 Å². The van der Waals surface area contributed by atoms with Gasteiger partial charge >= 0.3 is 0 Å². The average molecular weight is 681 g/mol. The topological polar surface area (TPSA) is 60.7 Å². The molecule has 3 nitrogen and oxygen atoms in total. The summed E-state index contributed by atoms with van der Waals surface area (Å²) in [5, 5.41) is 34.2. The van der Waals surface area contributed by atoms with Crippen LogP contribution < -0.4 is 0 Å². The zero-order valence-corrected chi connectivity index (χ0v) is 33.6. The lowest BCUT2D eigenvalue weighted by molar-refractivity contribution is -0.185. The average Bonchev–Trinajstić information content (AvgIpc) is 3.09. The summed E-state index contributed by atoms with van der Waals surface area (Å²) in [5.74, 6) is 0. The second-order valence-corrected chi connectivity index (χ2v) is 16.1. The van der Waals surface area contributed by atoms with E-state index in [2.05, 4.69) is 20.8 Å². The third-order valence-electron chi connectivity index (χ3n) is 11.5. The molecule has 1 unspecified atom stereocenters. The summed E-state index contributed by atoms with van der Waals surface area (Å²) in [6.45, 7) is 6.52. The van der Waals surface area contributed by atoms with Gasteiger partial charge in [-0.1, -0.05) is 252 Å². The molecule has 0 bridgehead atoms. The fourth-order valence-corrected chi connectivity index (χ4v) is 7.82. The minimum atomic E-state index is -1.37. The van der Waals surface area contributed by atoms with Gasteiger partial charge in [0.1, 0.15) is 5.60 Å². The minimum Gasteiger partial charge on any atom is -0.393 e. The smallest absolute Gasteiger partial charge is 0.116 e. The van der Waals surface area contributed by atoms with Gasteiger partial charge in [-0.2, -0.15) is 0 Å². The standard InChI is InChI=1S/C45H92O3/c1-4-7-10-13-16-19-22-25-28-31-34-37-40-44(47,41-38-35-32-29-26-23-20-17-14-11-8-5-2)45(48,43-46)42-39-36-33-30-27-24-21-18-15-12-9-6-3/h46-48H,4-43H2,1-3H3. The molecule has 0 saturated heterocycles. The van der Waals surface area contributed by atoms with Gasteiger partial charge in [0, 0.05) is 0 Å². The molecular weight excluding hydrogens is 588 g/mol.